The van der Waals surface area contributed by atoms with Crippen molar-refractivity contribution in [1.29, 1.82) is 0 Å². The van der Waals surface area contributed by atoms with Crippen molar-refractivity contribution >= 4 is 50.0 Å². The minimum absolute atomic E-state index is 0.0303. The fourth-order valence-corrected chi connectivity index (χ4v) is 7.28. The average molecular weight is 417 g/mol. The summed E-state index contributed by atoms with van der Waals surface area (Å²) in [5.74, 6) is 0.490. The topological polar surface area (TPSA) is 76.0 Å². The molecule has 2 atom stereocenters. The minimum Gasteiger partial charge on any atom is -0.495 e. The Balaban J connectivity index is 2.02. The summed E-state index contributed by atoms with van der Waals surface area (Å²) in [5.41, 5.74) is 0.638. The number of methoxy groups -OCH3 is 1. The van der Waals surface area contributed by atoms with Crippen LogP contribution in [0.2, 0.25) is 5.02 Å². The lowest BCUT2D eigenvalue weighted by atomic mass is 10.2. The van der Waals surface area contributed by atoms with E-state index in [1.54, 1.807) is 25.3 Å². The number of unbranched alkanes of at least 4 members (excludes halogenated alkanes) is 1. The third-order valence-electron chi connectivity index (χ3n) is 4.43. The van der Waals surface area contributed by atoms with Crippen molar-refractivity contribution in [3.63, 3.8) is 0 Å². The molecule has 1 amide bonds. The van der Waals surface area contributed by atoms with Gasteiger partial charge in [-0.1, -0.05) is 36.7 Å². The van der Waals surface area contributed by atoms with Crippen molar-refractivity contribution < 1.29 is 17.9 Å². The third kappa shape index (κ3) is 4.02. The molecular formula is C17H21ClN2O4S2. The van der Waals surface area contributed by atoms with Gasteiger partial charge in [0.25, 0.3) is 0 Å². The minimum atomic E-state index is -3.12. The molecule has 2 fully saturated rings. The van der Waals surface area contributed by atoms with E-state index in [0.29, 0.717) is 28.0 Å². The van der Waals surface area contributed by atoms with Crippen LogP contribution < -0.4 is 9.64 Å². The highest BCUT2D eigenvalue weighted by Crippen LogP contribution is 2.44. The van der Waals surface area contributed by atoms with E-state index in [9.17, 15) is 13.2 Å². The Labute approximate surface area is 162 Å². The first-order valence-corrected chi connectivity index (χ1v) is 11.5. The van der Waals surface area contributed by atoms with Crippen molar-refractivity contribution in [1.82, 2.24) is 0 Å². The zero-order chi connectivity index (χ0) is 18.9. The number of benzene rings is 1. The van der Waals surface area contributed by atoms with E-state index >= 15 is 0 Å². The number of fused-ring (bicyclic) bond motifs is 1. The molecule has 1 aromatic rings. The van der Waals surface area contributed by atoms with E-state index in [2.05, 4.69) is 4.99 Å². The number of anilines is 1. The maximum Gasteiger partial charge on any atom is 0.248 e. The van der Waals surface area contributed by atoms with Crippen molar-refractivity contribution in [2.45, 2.75) is 37.5 Å². The maximum absolute atomic E-state index is 12.2. The zero-order valence-electron chi connectivity index (χ0n) is 14.6. The summed E-state index contributed by atoms with van der Waals surface area (Å²) in [7, 11) is -1.57. The molecule has 0 radical (unpaired) electrons. The standard InChI is InChI=1S/C17H21ClN2O4S2/c1-3-4-5-16(21)19-17-20(12-8-11(18)6-7-14(12)24-2)13-9-26(22,23)10-15(13)25-17/h6-8,13,15H,3-5,9-10H2,1-2H3/t13-,15+/m1/s1. The van der Waals surface area contributed by atoms with E-state index < -0.39 is 9.84 Å². The molecule has 9 heteroatoms. The van der Waals surface area contributed by atoms with E-state index in [1.165, 1.54) is 11.8 Å². The van der Waals surface area contributed by atoms with E-state index in [-0.39, 0.29) is 28.7 Å². The average Bonchev–Trinajstić information content (AvgIpc) is 3.03. The first-order chi connectivity index (χ1) is 12.3. The summed E-state index contributed by atoms with van der Waals surface area (Å²) in [6, 6.07) is 4.88. The first-order valence-electron chi connectivity index (χ1n) is 8.46. The molecule has 0 saturated carbocycles. The molecule has 0 bridgehead atoms. The molecule has 1 aromatic carbocycles. The molecular weight excluding hydrogens is 396 g/mol. The Bertz CT molecular complexity index is 841. The van der Waals surface area contributed by atoms with E-state index in [1.807, 2.05) is 11.8 Å². The highest BCUT2D eigenvalue weighted by atomic mass is 35.5. The molecule has 0 unspecified atom stereocenters. The van der Waals surface area contributed by atoms with Crippen LogP contribution in [0.1, 0.15) is 26.2 Å². The second-order valence-electron chi connectivity index (χ2n) is 6.38. The smallest absolute Gasteiger partial charge is 0.248 e. The van der Waals surface area contributed by atoms with Gasteiger partial charge in [-0.05, 0) is 24.6 Å². The summed E-state index contributed by atoms with van der Waals surface area (Å²) in [6.07, 6.45) is 2.08. The number of nitrogens with zero attached hydrogens (tertiary/aromatic N) is 2. The molecule has 3 rings (SSSR count). The Morgan fingerprint density at radius 3 is 2.88 bits per heavy atom. The third-order valence-corrected chi connectivity index (χ3v) is 7.88. The predicted molar refractivity (Wildman–Crippen MR) is 106 cm³/mol. The molecule has 2 aliphatic rings. The summed E-state index contributed by atoms with van der Waals surface area (Å²) in [5, 5.41) is 0.879. The van der Waals surface area contributed by atoms with Gasteiger partial charge in [-0.15, -0.1) is 0 Å². The number of amidine groups is 1. The lowest BCUT2D eigenvalue weighted by Gasteiger charge is -2.26. The Hall–Kier alpha value is -1.25. The first kappa shape index (κ1) is 19.5. The number of rotatable bonds is 5. The highest BCUT2D eigenvalue weighted by Gasteiger charge is 2.50. The van der Waals surface area contributed by atoms with Crippen molar-refractivity contribution in [3.8, 4) is 5.75 Å². The Kier molecular flexibility index (Phi) is 5.84. The van der Waals surface area contributed by atoms with Gasteiger partial charge in [-0.25, -0.2) is 8.42 Å². The van der Waals surface area contributed by atoms with Gasteiger partial charge in [-0.3, -0.25) is 4.79 Å². The van der Waals surface area contributed by atoms with Crippen molar-refractivity contribution in [2.75, 3.05) is 23.5 Å². The largest absolute Gasteiger partial charge is 0.495 e. The number of hydrogen-bond acceptors (Lipinski definition) is 5. The SMILES string of the molecule is CCCCC(=O)N=C1S[C@H]2CS(=O)(=O)C[C@H]2N1c1cc(Cl)ccc1OC. The van der Waals surface area contributed by atoms with Gasteiger partial charge in [0, 0.05) is 16.7 Å². The molecule has 2 aliphatic heterocycles. The number of hydrogen-bond donors (Lipinski definition) is 0. The van der Waals surface area contributed by atoms with Gasteiger partial charge in [0.2, 0.25) is 5.91 Å². The quantitative estimate of drug-likeness (QED) is 0.733. The van der Waals surface area contributed by atoms with Gasteiger partial charge in [0.1, 0.15) is 5.75 Å². The van der Waals surface area contributed by atoms with Crippen LogP contribution in [0.4, 0.5) is 5.69 Å². The van der Waals surface area contributed by atoms with Crippen LogP contribution in [0.5, 0.6) is 5.75 Å². The van der Waals surface area contributed by atoms with Crippen LogP contribution >= 0.6 is 23.4 Å². The van der Waals surface area contributed by atoms with Gasteiger partial charge in [0.15, 0.2) is 15.0 Å². The van der Waals surface area contributed by atoms with Crippen LogP contribution in [0, 0.1) is 0 Å². The molecule has 6 nitrogen and oxygen atoms in total. The second kappa shape index (κ2) is 7.78. The van der Waals surface area contributed by atoms with Crippen LogP contribution in [0.15, 0.2) is 23.2 Å². The molecule has 2 saturated heterocycles. The number of amides is 1. The second-order valence-corrected chi connectivity index (χ2v) is 10.2. The van der Waals surface area contributed by atoms with Gasteiger partial charge < -0.3 is 9.64 Å². The monoisotopic (exact) mass is 416 g/mol. The number of ether oxygens (including phenoxy) is 1. The lowest BCUT2D eigenvalue weighted by molar-refractivity contribution is -0.117. The molecule has 0 aliphatic carbocycles. The van der Waals surface area contributed by atoms with Crippen LogP contribution in [0.3, 0.4) is 0 Å². The predicted octanol–water partition coefficient (Wildman–Crippen LogP) is 3.14. The number of sulfone groups is 1. The van der Waals surface area contributed by atoms with E-state index in [4.69, 9.17) is 16.3 Å². The highest BCUT2D eigenvalue weighted by molar-refractivity contribution is 8.16. The van der Waals surface area contributed by atoms with Crippen LogP contribution in [-0.4, -0.2) is 49.4 Å². The molecule has 0 N–H and O–H groups in total. The molecule has 0 spiro atoms. The maximum atomic E-state index is 12.2. The normalized spacial score (nSPS) is 25.5. The fraction of sp³-hybridized carbons (Fsp3) is 0.529. The molecule has 0 aromatic heterocycles. The van der Waals surface area contributed by atoms with Crippen LogP contribution in [-0.2, 0) is 14.6 Å². The molecule has 142 valence electrons. The van der Waals surface area contributed by atoms with E-state index in [0.717, 1.165) is 12.8 Å². The number of carbonyl (C=O) groups excluding carboxylic acids is 1. The summed E-state index contributed by atoms with van der Waals surface area (Å²) in [4.78, 5) is 18.3. The Morgan fingerprint density at radius 2 is 2.19 bits per heavy atom. The van der Waals surface area contributed by atoms with Gasteiger partial charge in [0.05, 0.1) is 30.3 Å². The molecule has 2 heterocycles. The number of halogens is 1. The number of carbonyl (C=O) groups is 1. The molecule has 26 heavy (non-hydrogen) atoms. The van der Waals surface area contributed by atoms with Gasteiger partial charge >= 0.3 is 0 Å². The number of thioether (sulfide) groups is 1. The summed E-state index contributed by atoms with van der Waals surface area (Å²) < 4.78 is 29.6. The Morgan fingerprint density at radius 1 is 1.42 bits per heavy atom. The van der Waals surface area contributed by atoms with Crippen molar-refractivity contribution in [3.05, 3.63) is 23.2 Å². The zero-order valence-corrected chi connectivity index (χ0v) is 17.0. The van der Waals surface area contributed by atoms with Crippen molar-refractivity contribution in [2.24, 2.45) is 4.99 Å². The lowest BCUT2D eigenvalue weighted by Crippen LogP contribution is -2.38. The summed E-state index contributed by atoms with van der Waals surface area (Å²) >= 11 is 7.51. The van der Waals surface area contributed by atoms with Crippen LogP contribution in [0.25, 0.3) is 0 Å². The van der Waals surface area contributed by atoms with Gasteiger partial charge in [-0.2, -0.15) is 4.99 Å². The summed E-state index contributed by atoms with van der Waals surface area (Å²) in [6.45, 7) is 2.02. The fourth-order valence-electron chi connectivity index (χ4n) is 3.19. The number of aliphatic imine (C=N–C) groups is 1.